The fourth-order valence-electron chi connectivity index (χ4n) is 3.55. The first kappa shape index (κ1) is 19.7. The average Bonchev–Trinajstić information content (AvgIpc) is 3.14. The Balaban J connectivity index is 1.41. The molecule has 9 nitrogen and oxygen atoms in total. The maximum Gasteiger partial charge on any atom is 0.279 e. The summed E-state index contributed by atoms with van der Waals surface area (Å²) in [5.41, 5.74) is 0.992. The number of nitrogens with one attached hydrogen (secondary N) is 2. The van der Waals surface area contributed by atoms with Crippen LogP contribution in [0.15, 0.2) is 42.7 Å². The zero-order chi connectivity index (χ0) is 20.4. The molecule has 1 aliphatic carbocycles. The van der Waals surface area contributed by atoms with Gasteiger partial charge in [0, 0.05) is 43.8 Å². The summed E-state index contributed by atoms with van der Waals surface area (Å²) in [5.74, 6) is 1.26. The monoisotopic (exact) mass is 415 g/mol. The summed E-state index contributed by atoms with van der Waals surface area (Å²) >= 11 is 0. The molecule has 1 fully saturated rings. The van der Waals surface area contributed by atoms with Crippen LogP contribution >= 0.6 is 0 Å². The zero-order valence-electron chi connectivity index (χ0n) is 16.5. The normalized spacial score (nSPS) is 20.2. The van der Waals surface area contributed by atoms with Gasteiger partial charge in [0.25, 0.3) is 10.2 Å². The van der Waals surface area contributed by atoms with Crippen LogP contribution in [0.4, 0.5) is 5.95 Å². The quantitative estimate of drug-likeness (QED) is 0.637. The van der Waals surface area contributed by atoms with Crippen molar-refractivity contribution >= 4 is 27.1 Å². The number of hydrogen-bond acceptors (Lipinski definition) is 6. The smallest absolute Gasteiger partial charge is 0.279 e. The van der Waals surface area contributed by atoms with Gasteiger partial charge in [-0.05, 0) is 31.7 Å². The molecule has 2 heterocycles. The number of hydrogen-bond donors (Lipinski definition) is 2. The Bertz CT molecular complexity index is 1090. The Hall–Kier alpha value is -2.56. The largest absolute Gasteiger partial charge is 0.351 e. The molecule has 3 aromatic rings. The van der Waals surface area contributed by atoms with Crippen LogP contribution in [0, 0.1) is 0 Å². The van der Waals surface area contributed by atoms with Gasteiger partial charge < -0.3 is 5.32 Å². The zero-order valence-corrected chi connectivity index (χ0v) is 17.3. The Labute approximate surface area is 170 Å². The van der Waals surface area contributed by atoms with Gasteiger partial charge in [0.2, 0.25) is 5.95 Å². The van der Waals surface area contributed by atoms with Gasteiger partial charge >= 0.3 is 0 Å². The SMILES string of the molecule is CN(C)S(=O)(=O)N[C@H]1CC[C@H](Nc2nccc(-n3ncc4ccccc43)n2)CC1. The molecule has 1 aromatic carbocycles. The Kier molecular flexibility index (Phi) is 5.48. The van der Waals surface area contributed by atoms with Gasteiger partial charge in [-0.2, -0.15) is 27.5 Å². The van der Waals surface area contributed by atoms with Crippen LogP contribution in [-0.4, -0.2) is 58.7 Å². The van der Waals surface area contributed by atoms with E-state index in [0.717, 1.165) is 36.6 Å². The molecule has 0 saturated heterocycles. The molecule has 1 aliphatic rings. The Morgan fingerprint density at radius 3 is 2.55 bits per heavy atom. The molecule has 4 rings (SSSR count). The maximum atomic E-state index is 12.0. The van der Waals surface area contributed by atoms with Crippen molar-refractivity contribution < 1.29 is 8.42 Å². The fourth-order valence-corrected chi connectivity index (χ4v) is 4.41. The maximum absolute atomic E-state index is 12.0. The summed E-state index contributed by atoms with van der Waals surface area (Å²) in [6, 6.07) is 9.98. The molecule has 0 atom stereocenters. The average molecular weight is 416 g/mol. The standard InChI is InChI=1S/C19H25N7O2S/c1-25(2)29(27,28)24-16-9-7-15(8-10-16)22-19-20-12-11-18(23-19)26-17-6-4-3-5-14(17)13-21-26/h3-6,11-13,15-16,24H,7-10H2,1-2H3,(H,20,22,23)/t15-,16-. The highest BCUT2D eigenvalue weighted by atomic mass is 32.2. The van der Waals surface area contributed by atoms with E-state index >= 15 is 0 Å². The minimum absolute atomic E-state index is 0.0388. The van der Waals surface area contributed by atoms with E-state index < -0.39 is 10.2 Å². The molecule has 154 valence electrons. The van der Waals surface area contributed by atoms with Gasteiger partial charge in [0.05, 0.1) is 11.7 Å². The van der Waals surface area contributed by atoms with Crippen molar-refractivity contribution in [2.45, 2.75) is 37.8 Å². The molecule has 0 amide bonds. The lowest BCUT2D eigenvalue weighted by Crippen LogP contribution is -2.44. The van der Waals surface area contributed by atoms with Gasteiger partial charge in [0.15, 0.2) is 5.82 Å². The van der Waals surface area contributed by atoms with Gasteiger partial charge in [-0.1, -0.05) is 18.2 Å². The van der Waals surface area contributed by atoms with Crippen molar-refractivity contribution in [3.8, 4) is 5.82 Å². The predicted molar refractivity (Wildman–Crippen MR) is 112 cm³/mol. The lowest BCUT2D eigenvalue weighted by molar-refractivity contribution is 0.378. The Morgan fingerprint density at radius 1 is 1.07 bits per heavy atom. The summed E-state index contributed by atoms with van der Waals surface area (Å²) < 4.78 is 29.7. The molecule has 29 heavy (non-hydrogen) atoms. The second kappa shape index (κ2) is 8.05. The topological polar surface area (TPSA) is 105 Å². The number of para-hydroxylation sites is 1. The highest BCUT2D eigenvalue weighted by Gasteiger charge is 2.26. The van der Waals surface area contributed by atoms with Crippen LogP contribution in [0.3, 0.4) is 0 Å². The van der Waals surface area contributed by atoms with Crippen LogP contribution in [0.5, 0.6) is 0 Å². The van der Waals surface area contributed by atoms with E-state index in [0.29, 0.717) is 11.8 Å². The van der Waals surface area contributed by atoms with Gasteiger partial charge in [0.1, 0.15) is 0 Å². The lowest BCUT2D eigenvalue weighted by atomic mass is 9.92. The molecule has 0 unspecified atom stereocenters. The molecule has 2 N–H and O–H groups in total. The molecular formula is C19H25N7O2S. The van der Waals surface area contributed by atoms with E-state index in [-0.39, 0.29) is 12.1 Å². The second-order valence-electron chi connectivity index (χ2n) is 7.45. The lowest BCUT2D eigenvalue weighted by Gasteiger charge is -2.30. The third-order valence-corrected chi connectivity index (χ3v) is 6.78. The summed E-state index contributed by atoms with van der Waals surface area (Å²) in [6.45, 7) is 0. The molecule has 0 radical (unpaired) electrons. The molecule has 0 aliphatic heterocycles. The van der Waals surface area contributed by atoms with Crippen LogP contribution < -0.4 is 10.0 Å². The number of anilines is 1. The van der Waals surface area contributed by atoms with Crippen LogP contribution in [0.25, 0.3) is 16.7 Å². The van der Waals surface area contributed by atoms with Crippen molar-refractivity contribution in [3.63, 3.8) is 0 Å². The summed E-state index contributed by atoms with van der Waals surface area (Å²) in [7, 11) is -0.334. The van der Waals surface area contributed by atoms with Crippen LogP contribution in [0.1, 0.15) is 25.7 Å². The van der Waals surface area contributed by atoms with E-state index in [1.54, 1.807) is 10.9 Å². The number of nitrogens with zero attached hydrogens (tertiary/aromatic N) is 5. The minimum Gasteiger partial charge on any atom is -0.351 e. The van der Waals surface area contributed by atoms with E-state index in [2.05, 4.69) is 25.1 Å². The highest BCUT2D eigenvalue weighted by Crippen LogP contribution is 2.23. The van der Waals surface area contributed by atoms with Crippen molar-refractivity contribution in [2.24, 2.45) is 0 Å². The molecule has 0 bridgehead atoms. The van der Waals surface area contributed by atoms with E-state index in [1.165, 1.54) is 18.4 Å². The minimum atomic E-state index is -3.39. The van der Waals surface area contributed by atoms with Crippen molar-refractivity contribution in [3.05, 3.63) is 42.7 Å². The third kappa shape index (κ3) is 4.39. The first-order valence-corrected chi connectivity index (χ1v) is 11.1. The number of benzene rings is 1. The summed E-state index contributed by atoms with van der Waals surface area (Å²) in [6.07, 6.45) is 6.78. The van der Waals surface area contributed by atoms with Gasteiger partial charge in [-0.15, -0.1) is 0 Å². The summed E-state index contributed by atoms with van der Waals surface area (Å²) in [5, 5.41) is 8.88. The van der Waals surface area contributed by atoms with E-state index in [4.69, 9.17) is 0 Å². The molecular weight excluding hydrogens is 390 g/mol. The summed E-state index contributed by atoms with van der Waals surface area (Å²) in [4.78, 5) is 8.96. The van der Waals surface area contributed by atoms with Crippen molar-refractivity contribution in [1.29, 1.82) is 0 Å². The molecule has 1 saturated carbocycles. The van der Waals surface area contributed by atoms with Crippen LogP contribution in [-0.2, 0) is 10.2 Å². The second-order valence-corrected chi connectivity index (χ2v) is 9.37. The number of fused-ring (bicyclic) bond motifs is 1. The Morgan fingerprint density at radius 2 is 1.79 bits per heavy atom. The first-order chi connectivity index (χ1) is 13.9. The number of rotatable bonds is 6. The van der Waals surface area contributed by atoms with E-state index in [9.17, 15) is 8.42 Å². The molecule has 10 heteroatoms. The van der Waals surface area contributed by atoms with Gasteiger partial charge in [-0.25, -0.2) is 9.67 Å². The van der Waals surface area contributed by atoms with Crippen molar-refractivity contribution in [1.82, 2.24) is 28.8 Å². The van der Waals surface area contributed by atoms with Crippen LogP contribution in [0.2, 0.25) is 0 Å². The molecule has 2 aromatic heterocycles. The fraction of sp³-hybridized carbons (Fsp3) is 0.421. The van der Waals surface area contributed by atoms with E-state index in [1.807, 2.05) is 36.5 Å². The molecule has 0 spiro atoms. The third-order valence-electron chi connectivity index (χ3n) is 5.19. The first-order valence-electron chi connectivity index (χ1n) is 9.65. The van der Waals surface area contributed by atoms with Gasteiger partial charge in [-0.3, -0.25) is 0 Å². The number of aromatic nitrogens is 4. The van der Waals surface area contributed by atoms with Crippen molar-refractivity contribution in [2.75, 3.05) is 19.4 Å². The highest BCUT2D eigenvalue weighted by molar-refractivity contribution is 7.87. The predicted octanol–water partition coefficient (Wildman–Crippen LogP) is 1.93.